The number of fused-ring (bicyclic) bond motifs is 1. The minimum Gasteiger partial charge on any atom is -0.478 e. The Kier molecular flexibility index (Phi) is 1.87. The zero-order chi connectivity index (χ0) is 10.4. The average molecular weight is 205 g/mol. The van der Waals surface area contributed by atoms with Crippen LogP contribution >= 0.6 is 0 Å². The molecule has 2 saturated carbocycles. The SMILES string of the molecule is O=C(O)c1ccn(CC2CC3CC3C2)c1. The average Bonchev–Trinajstić information content (AvgIpc) is 2.66. The second-order valence-corrected chi connectivity index (χ2v) is 5.00. The molecule has 1 aromatic heterocycles. The molecule has 0 spiro atoms. The first-order valence-electron chi connectivity index (χ1n) is 5.61. The highest BCUT2D eigenvalue weighted by molar-refractivity contribution is 5.87. The normalized spacial score (nSPS) is 32.7. The van der Waals surface area contributed by atoms with E-state index in [-0.39, 0.29) is 0 Å². The van der Waals surface area contributed by atoms with Crippen molar-refractivity contribution >= 4 is 5.97 Å². The van der Waals surface area contributed by atoms with Crippen molar-refractivity contribution in [2.24, 2.45) is 17.8 Å². The van der Waals surface area contributed by atoms with Crippen molar-refractivity contribution in [3.8, 4) is 0 Å². The molecule has 3 heteroatoms. The van der Waals surface area contributed by atoms with Gasteiger partial charge in [-0.05, 0) is 43.1 Å². The molecule has 2 atom stereocenters. The van der Waals surface area contributed by atoms with Gasteiger partial charge in [-0.2, -0.15) is 0 Å². The molecule has 0 aliphatic heterocycles. The Morgan fingerprint density at radius 3 is 2.73 bits per heavy atom. The van der Waals surface area contributed by atoms with Gasteiger partial charge in [0, 0.05) is 18.9 Å². The third-order valence-electron chi connectivity index (χ3n) is 3.81. The molecule has 0 aromatic carbocycles. The lowest BCUT2D eigenvalue weighted by atomic mass is 10.0. The lowest BCUT2D eigenvalue weighted by Gasteiger charge is -2.12. The van der Waals surface area contributed by atoms with Crippen LogP contribution in [0.25, 0.3) is 0 Å². The van der Waals surface area contributed by atoms with E-state index in [1.165, 1.54) is 19.3 Å². The molecule has 2 unspecified atom stereocenters. The highest BCUT2D eigenvalue weighted by Gasteiger charge is 2.45. The summed E-state index contributed by atoms with van der Waals surface area (Å²) < 4.78 is 2.03. The van der Waals surface area contributed by atoms with Crippen LogP contribution in [-0.2, 0) is 6.54 Å². The van der Waals surface area contributed by atoms with Crippen LogP contribution in [0.3, 0.4) is 0 Å². The van der Waals surface area contributed by atoms with Gasteiger partial charge in [-0.1, -0.05) is 0 Å². The number of aromatic carboxylic acids is 1. The van der Waals surface area contributed by atoms with Crippen molar-refractivity contribution in [2.75, 3.05) is 0 Å². The van der Waals surface area contributed by atoms with E-state index in [1.807, 2.05) is 10.8 Å². The van der Waals surface area contributed by atoms with E-state index in [0.29, 0.717) is 5.56 Å². The second-order valence-electron chi connectivity index (χ2n) is 5.00. The summed E-state index contributed by atoms with van der Waals surface area (Å²) in [6.07, 6.45) is 7.78. The number of hydrogen-bond acceptors (Lipinski definition) is 1. The molecule has 2 aliphatic rings. The fraction of sp³-hybridized carbons (Fsp3) is 0.583. The lowest BCUT2D eigenvalue weighted by molar-refractivity contribution is 0.0697. The van der Waals surface area contributed by atoms with Gasteiger partial charge in [-0.25, -0.2) is 4.79 Å². The molecule has 1 N–H and O–H groups in total. The molecule has 0 saturated heterocycles. The van der Waals surface area contributed by atoms with Crippen LogP contribution in [0.2, 0.25) is 0 Å². The predicted molar refractivity (Wildman–Crippen MR) is 55.7 cm³/mol. The monoisotopic (exact) mass is 205 g/mol. The summed E-state index contributed by atoms with van der Waals surface area (Å²) in [5.74, 6) is 1.96. The van der Waals surface area contributed by atoms with Gasteiger partial charge in [0.25, 0.3) is 0 Å². The van der Waals surface area contributed by atoms with Crippen molar-refractivity contribution in [3.05, 3.63) is 24.0 Å². The lowest BCUT2D eigenvalue weighted by Crippen LogP contribution is -2.07. The standard InChI is InChI=1S/C12H15NO2/c14-12(15)9-1-2-13(7-9)6-8-3-10-5-11(10)4-8/h1-2,7-8,10-11H,3-6H2,(H,14,15). The summed E-state index contributed by atoms with van der Waals surface area (Å²) >= 11 is 0. The maximum atomic E-state index is 10.7. The highest BCUT2D eigenvalue weighted by atomic mass is 16.4. The first-order chi connectivity index (χ1) is 7.22. The number of carboxylic acid groups (broad SMARTS) is 1. The Bertz CT molecular complexity index is 386. The van der Waals surface area contributed by atoms with E-state index >= 15 is 0 Å². The molecule has 0 radical (unpaired) electrons. The van der Waals surface area contributed by atoms with Crippen molar-refractivity contribution in [2.45, 2.75) is 25.8 Å². The summed E-state index contributed by atoms with van der Waals surface area (Å²) in [5, 5.41) is 8.79. The molecular formula is C12H15NO2. The molecule has 0 amide bonds. The van der Waals surface area contributed by atoms with Crippen molar-refractivity contribution in [1.29, 1.82) is 0 Å². The third kappa shape index (κ3) is 1.66. The summed E-state index contributed by atoms with van der Waals surface area (Å²) in [4.78, 5) is 10.7. The summed E-state index contributed by atoms with van der Waals surface area (Å²) in [6, 6.07) is 1.68. The maximum Gasteiger partial charge on any atom is 0.337 e. The first kappa shape index (κ1) is 9.01. The van der Waals surface area contributed by atoms with Gasteiger partial charge >= 0.3 is 5.97 Å². The largest absolute Gasteiger partial charge is 0.478 e. The van der Waals surface area contributed by atoms with Gasteiger partial charge in [0.1, 0.15) is 0 Å². The molecule has 2 fully saturated rings. The van der Waals surface area contributed by atoms with E-state index in [0.717, 1.165) is 24.3 Å². The maximum absolute atomic E-state index is 10.7. The van der Waals surface area contributed by atoms with E-state index in [9.17, 15) is 4.79 Å². The smallest absolute Gasteiger partial charge is 0.337 e. The number of aromatic nitrogens is 1. The van der Waals surface area contributed by atoms with Crippen molar-refractivity contribution in [1.82, 2.24) is 4.57 Å². The van der Waals surface area contributed by atoms with E-state index in [2.05, 4.69) is 0 Å². The van der Waals surface area contributed by atoms with Crippen LogP contribution in [0.4, 0.5) is 0 Å². The van der Waals surface area contributed by atoms with Crippen LogP contribution in [0.5, 0.6) is 0 Å². The number of carboxylic acids is 1. The molecule has 15 heavy (non-hydrogen) atoms. The Hall–Kier alpha value is -1.25. The van der Waals surface area contributed by atoms with Crippen LogP contribution < -0.4 is 0 Å². The molecule has 80 valence electrons. The molecule has 0 bridgehead atoms. The molecule has 3 rings (SSSR count). The van der Waals surface area contributed by atoms with E-state index < -0.39 is 5.97 Å². The molecule has 2 aliphatic carbocycles. The number of nitrogens with zero attached hydrogens (tertiary/aromatic N) is 1. The van der Waals surface area contributed by atoms with Gasteiger partial charge in [0.15, 0.2) is 0 Å². The Balaban J connectivity index is 1.64. The first-order valence-corrected chi connectivity index (χ1v) is 5.61. The van der Waals surface area contributed by atoms with Crippen molar-refractivity contribution in [3.63, 3.8) is 0 Å². The highest BCUT2D eigenvalue weighted by Crippen LogP contribution is 2.54. The Morgan fingerprint density at radius 2 is 2.13 bits per heavy atom. The number of hydrogen-bond donors (Lipinski definition) is 1. The van der Waals surface area contributed by atoms with E-state index in [1.54, 1.807) is 12.3 Å². The minimum absolute atomic E-state index is 0.401. The number of carbonyl (C=O) groups is 1. The molecule has 1 heterocycles. The summed E-state index contributed by atoms with van der Waals surface area (Å²) in [7, 11) is 0. The molecule has 3 nitrogen and oxygen atoms in total. The Labute approximate surface area is 88.7 Å². The van der Waals surface area contributed by atoms with Gasteiger partial charge < -0.3 is 9.67 Å². The fourth-order valence-corrected chi connectivity index (χ4v) is 2.97. The second kappa shape index (κ2) is 3.12. The van der Waals surface area contributed by atoms with Crippen LogP contribution in [0, 0.1) is 17.8 Å². The van der Waals surface area contributed by atoms with Crippen LogP contribution in [0.15, 0.2) is 18.5 Å². The zero-order valence-corrected chi connectivity index (χ0v) is 8.60. The molecular weight excluding hydrogens is 190 g/mol. The molecule has 1 aromatic rings. The van der Waals surface area contributed by atoms with Gasteiger partial charge in [-0.3, -0.25) is 0 Å². The van der Waals surface area contributed by atoms with Gasteiger partial charge in [0.05, 0.1) is 5.56 Å². The van der Waals surface area contributed by atoms with E-state index in [4.69, 9.17) is 5.11 Å². The predicted octanol–water partition coefficient (Wildman–Crippen LogP) is 2.23. The van der Waals surface area contributed by atoms with Crippen LogP contribution in [0.1, 0.15) is 29.6 Å². The fourth-order valence-electron chi connectivity index (χ4n) is 2.97. The van der Waals surface area contributed by atoms with Crippen LogP contribution in [-0.4, -0.2) is 15.6 Å². The van der Waals surface area contributed by atoms with Gasteiger partial charge in [-0.15, -0.1) is 0 Å². The van der Waals surface area contributed by atoms with Gasteiger partial charge in [0.2, 0.25) is 0 Å². The number of rotatable bonds is 3. The quantitative estimate of drug-likeness (QED) is 0.822. The summed E-state index contributed by atoms with van der Waals surface area (Å²) in [6.45, 7) is 1.00. The van der Waals surface area contributed by atoms with Crippen molar-refractivity contribution < 1.29 is 9.90 Å². The summed E-state index contributed by atoms with van der Waals surface area (Å²) in [5.41, 5.74) is 0.401. The third-order valence-corrected chi connectivity index (χ3v) is 3.81. The zero-order valence-electron chi connectivity index (χ0n) is 8.60. The Morgan fingerprint density at radius 1 is 1.40 bits per heavy atom. The minimum atomic E-state index is -0.831. The topological polar surface area (TPSA) is 42.2 Å².